The van der Waals surface area contributed by atoms with E-state index in [1.165, 1.54) is 118 Å². The molecular formula is C80H70Cl4N20O6S6. The molecule has 0 saturated carbocycles. The molecule has 4 aromatic carbocycles. The van der Waals surface area contributed by atoms with E-state index in [-0.39, 0.29) is 33.4 Å². The summed E-state index contributed by atoms with van der Waals surface area (Å²) in [6.07, 6.45) is 8.72. The molecule has 116 heavy (non-hydrogen) atoms. The minimum absolute atomic E-state index is 0.109. The van der Waals surface area contributed by atoms with Crippen molar-refractivity contribution in [2.75, 3.05) is 0 Å². The number of nitrogens with one attached hydrogen (secondary N) is 6. The molecular weight excluding hydrogens is 1670 g/mol. The van der Waals surface area contributed by atoms with Gasteiger partial charge in [0.2, 0.25) is 0 Å². The van der Waals surface area contributed by atoms with Crippen LogP contribution in [0.2, 0.25) is 20.6 Å². The SMILES string of the molecule is Cc1cc(=O)[nH]c(SCc2cc3ccccc3nc2Cl)n1.Cc1cc(=O)[nH]c(SCc2ccc(Cl)nc2)n1.Cc1cc(=O)[nH]c(SCc2ccc(Cl)nc2Cl)n1.Cc1cc(=O)[nH]c(SCc2ccc3nccnc3c2)n1.Cc1cc(=O)[nH]c(SCc2cccc3cnccc23)n1.Cc1cc(=O)[nH]c(SCc2nc3ccccc3n2C)n1. The Morgan fingerprint density at radius 1 is 0.328 bits per heavy atom. The number of H-pyrrole nitrogens is 6. The Morgan fingerprint density at radius 2 is 0.767 bits per heavy atom. The molecule has 0 spiro atoms. The van der Waals surface area contributed by atoms with E-state index >= 15 is 0 Å². The predicted octanol–water partition coefficient (Wildman–Crippen LogP) is 16.6. The first-order chi connectivity index (χ1) is 55.8. The molecule has 16 aromatic rings. The molecule has 0 radical (unpaired) electrons. The van der Waals surface area contributed by atoms with E-state index in [1.807, 2.05) is 131 Å². The van der Waals surface area contributed by atoms with Crippen molar-refractivity contribution in [2.24, 2.45) is 7.05 Å². The van der Waals surface area contributed by atoms with Gasteiger partial charge in [-0.25, -0.2) is 49.8 Å². The van der Waals surface area contributed by atoms with Crippen molar-refractivity contribution in [1.29, 1.82) is 0 Å². The third kappa shape index (κ3) is 26.7. The van der Waals surface area contributed by atoms with Crippen LogP contribution >= 0.6 is 117 Å². The van der Waals surface area contributed by atoms with Crippen molar-refractivity contribution in [2.45, 2.75) is 107 Å². The number of nitrogens with zero attached hydrogens (tertiary/aromatic N) is 14. The molecule has 0 aliphatic carbocycles. The molecule has 0 aliphatic rings. The minimum Gasteiger partial charge on any atom is -0.330 e. The van der Waals surface area contributed by atoms with E-state index in [2.05, 4.69) is 105 Å². The predicted molar refractivity (Wildman–Crippen MR) is 467 cm³/mol. The van der Waals surface area contributed by atoms with Crippen LogP contribution in [0, 0.1) is 41.5 Å². The molecule has 0 fully saturated rings. The van der Waals surface area contributed by atoms with Crippen LogP contribution in [-0.4, -0.2) is 99.3 Å². The normalized spacial score (nSPS) is 10.8. The number of benzene rings is 4. The number of rotatable bonds is 18. The molecule has 26 nitrogen and oxygen atoms in total. The van der Waals surface area contributed by atoms with Crippen molar-refractivity contribution in [3.8, 4) is 0 Å². The lowest BCUT2D eigenvalue weighted by Crippen LogP contribution is -2.08. The van der Waals surface area contributed by atoms with Gasteiger partial charge in [0, 0.05) is 154 Å². The summed E-state index contributed by atoms with van der Waals surface area (Å²) in [4.78, 5) is 140. The number of hydrogen-bond acceptors (Lipinski definition) is 25. The van der Waals surface area contributed by atoms with Gasteiger partial charge in [0.05, 0.1) is 33.3 Å². The van der Waals surface area contributed by atoms with Crippen molar-refractivity contribution in [3.63, 3.8) is 0 Å². The average molecular weight is 1740 g/mol. The summed E-state index contributed by atoms with van der Waals surface area (Å²) in [5.41, 5.74) is 13.3. The lowest BCUT2D eigenvalue weighted by atomic mass is 10.1. The zero-order valence-electron chi connectivity index (χ0n) is 62.8. The Kier molecular flexibility index (Phi) is 31.4. The summed E-state index contributed by atoms with van der Waals surface area (Å²) in [6.45, 7) is 10.8. The van der Waals surface area contributed by atoms with Crippen LogP contribution in [0.5, 0.6) is 0 Å². The number of halogens is 4. The highest BCUT2D eigenvalue weighted by Gasteiger charge is 2.13. The Balaban J connectivity index is 0.000000137. The summed E-state index contributed by atoms with van der Waals surface area (Å²) in [5, 5.41) is 8.71. The second kappa shape index (κ2) is 42.3. The number of aryl methyl sites for hydroxylation is 7. The van der Waals surface area contributed by atoms with Crippen LogP contribution in [0.3, 0.4) is 0 Å². The Labute approximate surface area is 707 Å². The molecule has 590 valence electrons. The highest BCUT2D eigenvalue weighted by molar-refractivity contribution is 7.99. The summed E-state index contributed by atoms with van der Waals surface area (Å²) in [5.74, 6) is 4.96. The van der Waals surface area contributed by atoms with Gasteiger partial charge in [-0.3, -0.25) is 43.7 Å². The molecule has 0 bridgehead atoms. The number of fused-ring (bicyclic) bond motifs is 4. The number of thioether (sulfide) groups is 6. The molecule has 16 rings (SSSR count). The molecule has 6 N–H and O–H groups in total. The molecule has 0 unspecified atom stereocenters. The first-order valence-corrected chi connectivity index (χ1v) is 42.4. The van der Waals surface area contributed by atoms with Crippen molar-refractivity contribution in [3.05, 3.63) is 339 Å². The molecule has 0 aliphatic heterocycles. The van der Waals surface area contributed by atoms with Crippen molar-refractivity contribution >= 4 is 161 Å². The fourth-order valence-electron chi connectivity index (χ4n) is 10.6. The van der Waals surface area contributed by atoms with E-state index in [9.17, 15) is 28.8 Å². The number of hydrogen-bond donors (Lipinski definition) is 6. The molecule has 0 atom stereocenters. The zero-order chi connectivity index (χ0) is 82.2. The number of para-hydroxylation sites is 3. The Morgan fingerprint density at radius 3 is 1.28 bits per heavy atom. The fraction of sp³-hybridized carbons (Fsp3) is 0.163. The lowest BCUT2D eigenvalue weighted by molar-refractivity contribution is 0.866. The lowest BCUT2D eigenvalue weighted by Gasteiger charge is -2.06. The van der Waals surface area contributed by atoms with E-state index < -0.39 is 0 Å². The second-order valence-corrected chi connectivity index (χ2v) is 32.3. The Bertz CT molecular complexity index is 6510. The molecule has 36 heteroatoms. The minimum atomic E-state index is -0.162. The topological polar surface area (TPSA) is 370 Å². The number of aromatic amines is 6. The number of pyridine rings is 4. The zero-order valence-corrected chi connectivity index (χ0v) is 70.7. The summed E-state index contributed by atoms with van der Waals surface area (Å²) < 4.78 is 2.07. The van der Waals surface area contributed by atoms with Gasteiger partial charge in [-0.1, -0.05) is 184 Å². The Hall–Kier alpha value is -10.7. The maximum absolute atomic E-state index is 11.4. The third-order valence-electron chi connectivity index (χ3n) is 15.9. The monoisotopic (exact) mass is 1740 g/mol. The van der Waals surface area contributed by atoms with Gasteiger partial charge in [0.1, 0.15) is 26.4 Å². The third-order valence-corrected chi connectivity index (χ3v) is 22.5. The van der Waals surface area contributed by atoms with Crippen LogP contribution in [-0.2, 0) is 41.6 Å². The average Bonchev–Trinajstić information content (AvgIpc) is 1.67. The standard InChI is InChI=1S/C15H12ClN3OS.C15H13N3OS.C14H14N4OS.C14H12N4OS.C11H9Cl2N3OS.C11H10ClN3OS/c1-9-6-13(20)19-15(17-9)21-8-11-7-10-4-2-3-5-12(10)18-14(11)16;1-10-7-14(19)18-15(17-10)20-9-12-4-2-3-11-8-16-6-5-13(11)12;1-9-7-13(19)17-14(15-9)20-8-12-16-10-5-3-4-6-11(10)18(12)2;1-9-6-13(19)18-14(17-9)20-8-10-2-3-11-12(7-10)16-5-4-15-11;1-6-4-9(17)16-11(14-6)18-5-7-2-3-8(12)15-10(7)13;1-7-4-10(16)15-11(14-7)17-6-8-2-3-9(12)13-5-8/h2-7H,8H2,1H3,(H,17,19,20);2-8H,9H2,1H3,(H,17,18,19);3-7H,8H2,1-2H3,(H,15,17,19);2-7H,8H2,1H3,(H,17,18,19);2-4H,5H2,1H3,(H,14,16,17);2-5H,6H2,1H3,(H,14,15,16). The van der Waals surface area contributed by atoms with Crippen LogP contribution in [0.15, 0.2) is 248 Å². The van der Waals surface area contributed by atoms with Gasteiger partial charge in [-0.05, 0) is 124 Å². The van der Waals surface area contributed by atoms with E-state index in [0.717, 1.165) is 95.0 Å². The van der Waals surface area contributed by atoms with Crippen LogP contribution in [0.1, 0.15) is 67.8 Å². The summed E-state index contributed by atoms with van der Waals surface area (Å²) in [7, 11) is 2.00. The van der Waals surface area contributed by atoms with Gasteiger partial charge in [0.25, 0.3) is 33.4 Å². The molecule has 0 saturated heterocycles. The maximum atomic E-state index is 11.4. The fourth-order valence-corrected chi connectivity index (χ4v) is 16.9. The highest BCUT2D eigenvalue weighted by atomic mass is 35.5. The van der Waals surface area contributed by atoms with Crippen LogP contribution < -0.4 is 33.4 Å². The smallest absolute Gasteiger partial charge is 0.251 e. The first-order valence-electron chi connectivity index (χ1n) is 35.0. The van der Waals surface area contributed by atoms with Gasteiger partial charge >= 0.3 is 0 Å². The number of aromatic nitrogens is 20. The quantitative estimate of drug-likeness (QED) is 0.0264. The van der Waals surface area contributed by atoms with Crippen molar-refractivity contribution in [1.82, 2.24) is 99.3 Å². The van der Waals surface area contributed by atoms with Gasteiger partial charge in [0.15, 0.2) is 30.9 Å². The largest absolute Gasteiger partial charge is 0.330 e. The van der Waals surface area contributed by atoms with Crippen molar-refractivity contribution < 1.29 is 0 Å². The second-order valence-electron chi connectivity index (χ2n) is 25.1. The van der Waals surface area contributed by atoms with Crippen LogP contribution in [0.4, 0.5) is 0 Å². The maximum Gasteiger partial charge on any atom is 0.251 e. The van der Waals surface area contributed by atoms with Gasteiger partial charge < -0.3 is 34.5 Å². The molecule has 12 aromatic heterocycles. The summed E-state index contributed by atoms with van der Waals surface area (Å²) in [6, 6.07) is 48.0. The van der Waals surface area contributed by atoms with Gasteiger partial charge in [-0.15, -0.1) is 0 Å². The molecule has 12 heterocycles. The summed E-state index contributed by atoms with van der Waals surface area (Å²) >= 11 is 32.4. The van der Waals surface area contributed by atoms with Crippen LogP contribution in [0.25, 0.3) is 43.7 Å². The van der Waals surface area contributed by atoms with E-state index in [4.69, 9.17) is 46.4 Å². The van der Waals surface area contributed by atoms with Gasteiger partial charge in [-0.2, -0.15) is 0 Å². The van der Waals surface area contributed by atoms with E-state index in [0.29, 0.717) is 91.6 Å². The molecule has 0 amide bonds. The van der Waals surface area contributed by atoms with E-state index in [1.54, 1.807) is 63.8 Å². The highest BCUT2D eigenvalue weighted by Crippen LogP contribution is 2.30. The first kappa shape index (κ1) is 86.2. The number of imidazole rings is 1.